The van der Waals surface area contributed by atoms with Crippen molar-refractivity contribution in [2.24, 2.45) is 0 Å². The number of benzene rings is 6. The Morgan fingerprint density at radius 2 is 0.839 bits per heavy atom. The summed E-state index contributed by atoms with van der Waals surface area (Å²) < 4.78 is 96.0. The highest BCUT2D eigenvalue weighted by Gasteiger charge is 2.32. The minimum atomic E-state index is -3.71. The minimum absolute atomic E-state index is 0.00119. The van der Waals surface area contributed by atoms with Crippen molar-refractivity contribution in [2.75, 3.05) is 99.6 Å². The maximum Gasteiger partial charge on any atom is 0.261 e. The molecule has 13 aromatic rings. The monoisotopic (exact) mass is 1860 g/mol. The van der Waals surface area contributed by atoms with Crippen molar-refractivity contribution >= 4 is 168 Å². The average molecular weight is 1860 g/mol. The van der Waals surface area contributed by atoms with Gasteiger partial charge in [-0.1, -0.05) is 83.0 Å². The molecule has 44 heteroatoms. The number of piperidine rings is 2. The van der Waals surface area contributed by atoms with Gasteiger partial charge in [0, 0.05) is 139 Å². The molecular weight excluding hydrogens is 1780 g/mol. The number of H-pyrrole nitrogens is 4. The van der Waals surface area contributed by atoms with Gasteiger partial charge in [-0.25, -0.2) is 74.5 Å². The van der Waals surface area contributed by atoms with Gasteiger partial charge in [0.05, 0.1) is 21.8 Å². The number of aromatic nitrogens is 14. The van der Waals surface area contributed by atoms with E-state index in [0.29, 0.717) is 83.7 Å². The van der Waals surface area contributed by atoms with Crippen LogP contribution in [-0.4, -0.2) is 193 Å². The van der Waals surface area contributed by atoms with Gasteiger partial charge in [0.2, 0.25) is 49.8 Å². The molecule has 0 radical (unpaired) electrons. The lowest BCUT2D eigenvalue weighted by Crippen LogP contribution is -2.44. The van der Waals surface area contributed by atoms with Crippen LogP contribution in [-0.2, 0) is 29.1 Å². The molecule has 2 saturated heterocycles. The van der Waals surface area contributed by atoms with E-state index in [2.05, 4.69) is 131 Å². The molecule has 0 aliphatic carbocycles. The summed E-state index contributed by atoms with van der Waals surface area (Å²) in [7, 11) is 3.21. The van der Waals surface area contributed by atoms with Crippen LogP contribution in [0.15, 0.2) is 272 Å². The first kappa shape index (κ1) is 96.1. The molecule has 9 heterocycles. The van der Waals surface area contributed by atoms with E-state index < -0.39 is 34.9 Å². The molecule has 2 aliphatic heterocycles. The van der Waals surface area contributed by atoms with Crippen LogP contribution in [0, 0.1) is 10.6 Å². The number of hydrogen-bond donors (Lipinski definition) is 10. The van der Waals surface area contributed by atoms with Crippen LogP contribution >= 0.6 is 69.5 Å². The summed E-state index contributed by atoms with van der Waals surface area (Å²) in [6.45, 7) is 3.59. The highest BCUT2D eigenvalue weighted by Crippen LogP contribution is 2.29. The predicted octanol–water partition coefficient (Wildman–Crippen LogP) is 14.5. The van der Waals surface area contributed by atoms with Crippen molar-refractivity contribution in [3.63, 3.8) is 0 Å². The van der Waals surface area contributed by atoms with Gasteiger partial charge in [0.1, 0.15) is 21.3 Å². The maximum absolute atomic E-state index is 13.6. The molecule has 0 atom stereocenters. The van der Waals surface area contributed by atoms with Gasteiger partial charge in [-0.3, -0.25) is 24.4 Å². The number of para-hydroxylation sites is 2. The first-order chi connectivity index (χ1) is 59.4. The van der Waals surface area contributed by atoms with E-state index in [-0.39, 0.29) is 49.2 Å². The SMILES string of the molecule is CN1CCC(N(C)S(=O)(=O)c2ccc(Nc3nccc(Cl)n3)cc2)CC1.COc1cc(Nc2ccnc(Nc3ccc(S(=O)(=O)N(C)C4CCN(C)CC4)cc3)n2)ccc1F.CSc1nccc(=O)[nH]1.Clc1ccnc(Nc2ccccc2)n1.O=S(=O)(Cl)c1ccc(Nc2nccc(Cl)n2)cc1.O=c1cc[nH]c(=S)[nH]1.O=c1ccnc(Nc2ccccc2)[nH]1. The Bertz CT molecular complexity index is 6160. The van der Waals surface area contributed by atoms with Crippen molar-refractivity contribution in [3.05, 3.63) is 295 Å². The fourth-order valence-electron chi connectivity index (χ4n) is 11.1. The molecule has 0 bridgehead atoms. The van der Waals surface area contributed by atoms with Crippen LogP contribution in [0.25, 0.3) is 0 Å². The third-order valence-corrected chi connectivity index (χ3v) is 24.2. The van der Waals surface area contributed by atoms with Crippen LogP contribution < -0.4 is 53.3 Å². The van der Waals surface area contributed by atoms with Crippen molar-refractivity contribution in [1.29, 1.82) is 0 Å². The lowest BCUT2D eigenvalue weighted by molar-refractivity contribution is 0.197. The van der Waals surface area contributed by atoms with E-state index in [1.807, 2.05) is 74.0 Å². The summed E-state index contributed by atoms with van der Waals surface area (Å²) in [4.78, 5) is 87.4. The zero-order valence-electron chi connectivity index (χ0n) is 67.1. The number of thioether (sulfide) groups is 1. The average Bonchev–Trinajstić information content (AvgIpc) is 0.811. The molecule has 650 valence electrons. The first-order valence-corrected chi connectivity index (χ1v) is 45.2. The Morgan fingerprint density at radius 3 is 1.22 bits per heavy atom. The van der Waals surface area contributed by atoms with Crippen LogP contribution in [0.3, 0.4) is 0 Å². The summed E-state index contributed by atoms with van der Waals surface area (Å²) in [6, 6.07) is 53.2. The lowest BCUT2D eigenvalue weighted by atomic mass is 10.1. The molecule has 2 fully saturated rings. The van der Waals surface area contributed by atoms with Gasteiger partial charge in [0.25, 0.3) is 25.7 Å². The molecule has 10 N–H and O–H groups in total. The topological polar surface area (TPSA) is 440 Å². The zero-order valence-corrected chi connectivity index (χ0v) is 74.2. The number of nitrogens with zero attached hydrogens (tertiary/aromatic N) is 14. The number of likely N-dealkylation sites (tertiary alicyclic amines) is 2. The zero-order chi connectivity index (χ0) is 89.2. The molecule has 2 aliphatic rings. The third-order valence-electron chi connectivity index (χ3n) is 17.6. The Morgan fingerprint density at radius 1 is 0.460 bits per heavy atom. The van der Waals surface area contributed by atoms with Crippen LogP contribution in [0.4, 0.5) is 74.1 Å². The number of rotatable bonds is 21. The third kappa shape index (κ3) is 31.8. The number of aromatic amines is 4. The molecule has 0 spiro atoms. The maximum atomic E-state index is 13.6. The number of methoxy groups -OCH3 is 1. The minimum Gasteiger partial charge on any atom is -0.494 e. The van der Waals surface area contributed by atoms with Crippen LogP contribution in [0.2, 0.25) is 15.5 Å². The standard InChI is InChI=1S/C24H29FN6O3S.C17H22ClN5O2S.C10H7Cl2N3O2S.C10H8ClN3.C10H9N3O.C5H6N2OS.C4H4N2OS/c1-30-14-11-19(12-15-30)31(2)35(32,33)20-7-4-17(5-8-20)28-24-26-13-10-23(29-24)27-18-6-9-21(25)22(16-18)34-3;1-22-11-8-14(9-12-22)23(2)26(24,25)15-5-3-13(4-6-15)20-17-19-10-7-16(18)21-17;11-9-5-6-13-10(15-9)14-7-1-3-8(4-2-7)18(12,16)17;11-9-6-7-12-10(14-9)13-8-4-2-1-3-5-8;14-9-6-7-11-10(13-9)12-8-4-2-1-3-5-8;1-9-5-6-3-2-4(8)7-5;7-3-1-2-5-4(8)6-3/h4-10,13,16,19H,11-12,14-15H2,1-3H3,(H2,26,27,28,29);3-7,10,14H,8-9,11-12H2,1-2H3,(H,19,20,21);1-6H,(H,13,14,15);1-7H,(H,12,13,14);1-7H,(H2,11,12,13,14);2-3H,1H3,(H,6,7,8);1-2H,(H2,5,6,7,8). The largest absolute Gasteiger partial charge is 0.494 e. The van der Waals surface area contributed by atoms with Gasteiger partial charge < -0.3 is 56.4 Å². The molecule has 0 saturated carbocycles. The van der Waals surface area contributed by atoms with Gasteiger partial charge >= 0.3 is 0 Å². The van der Waals surface area contributed by atoms with E-state index in [0.717, 1.165) is 63.2 Å². The highest BCUT2D eigenvalue weighted by atomic mass is 35.7. The van der Waals surface area contributed by atoms with Crippen molar-refractivity contribution in [3.8, 4) is 5.75 Å². The summed E-state index contributed by atoms with van der Waals surface area (Å²) in [5, 5.41) is 19.8. The summed E-state index contributed by atoms with van der Waals surface area (Å²) in [5.74, 6) is 2.12. The first-order valence-electron chi connectivity index (χ1n) is 37.2. The van der Waals surface area contributed by atoms with Gasteiger partial charge in [0.15, 0.2) is 21.5 Å². The number of hydrogen-bond acceptors (Lipinski definition) is 30. The smallest absolute Gasteiger partial charge is 0.261 e. The summed E-state index contributed by atoms with van der Waals surface area (Å²) >= 11 is 23.3. The van der Waals surface area contributed by atoms with Crippen LogP contribution in [0.1, 0.15) is 25.7 Å². The predicted molar refractivity (Wildman–Crippen MR) is 486 cm³/mol. The van der Waals surface area contributed by atoms with E-state index >= 15 is 0 Å². The van der Waals surface area contributed by atoms with E-state index in [9.17, 15) is 44.0 Å². The Hall–Kier alpha value is -11.8. The number of halogens is 5. The fourth-order valence-corrected chi connectivity index (χ4v) is 15.6. The van der Waals surface area contributed by atoms with E-state index in [1.54, 1.807) is 124 Å². The Labute approximate surface area is 743 Å². The number of nitrogens with one attached hydrogen (secondary N) is 10. The number of ether oxygens (including phenoxy) is 1. The molecule has 124 heavy (non-hydrogen) atoms. The van der Waals surface area contributed by atoms with Crippen LogP contribution in [0.5, 0.6) is 5.75 Å². The second-order valence-corrected chi connectivity index (χ2v) is 35.3. The molecule has 34 nitrogen and oxygen atoms in total. The summed E-state index contributed by atoms with van der Waals surface area (Å²) in [5.41, 5.74) is 3.95. The van der Waals surface area contributed by atoms with Gasteiger partial charge in [-0.15, -0.1) is 0 Å². The molecular formula is C80H85Cl4FN24O10S5. The molecule has 6 aromatic carbocycles. The normalized spacial score (nSPS) is 12.9. The van der Waals surface area contributed by atoms with Crippen molar-refractivity contribution in [1.82, 2.24) is 88.2 Å². The quantitative estimate of drug-likeness (QED) is 0.0105. The number of anilines is 12. The lowest BCUT2D eigenvalue weighted by Gasteiger charge is -2.34. The van der Waals surface area contributed by atoms with E-state index in [1.165, 1.54) is 94.7 Å². The van der Waals surface area contributed by atoms with Crippen molar-refractivity contribution < 1.29 is 34.4 Å². The molecule has 0 amide bonds. The van der Waals surface area contributed by atoms with Gasteiger partial charge in [-0.2, -0.15) is 13.6 Å². The molecule has 0 unspecified atom stereocenters. The second-order valence-electron chi connectivity index (χ2n) is 26.4. The summed E-state index contributed by atoms with van der Waals surface area (Å²) in [6.07, 6.45) is 15.9. The number of sulfonamides is 2. The fraction of sp³-hybridized carbons (Fsp3) is 0.200. The van der Waals surface area contributed by atoms with Crippen molar-refractivity contribution in [2.45, 2.75) is 57.6 Å². The van der Waals surface area contributed by atoms with E-state index in [4.69, 9.17) is 50.2 Å². The Kier molecular flexibility index (Phi) is 37.0. The highest BCUT2D eigenvalue weighted by molar-refractivity contribution is 8.13. The molecule has 15 rings (SSSR count). The Balaban J connectivity index is 0.000000173. The van der Waals surface area contributed by atoms with Gasteiger partial charge in [-0.05, 0) is 218 Å². The second kappa shape index (κ2) is 47.8. The molecule has 7 aromatic heterocycles.